The number of rotatable bonds is 3. The highest BCUT2D eigenvalue weighted by atomic mass is 16.3. The van der Waals surface area contributed by atoms with Crippen molar-refractivity contribution in [2.75, 3.05) is 11.4 Å². The number of aromatic nitrogens is 1. The maximum atomic E-state index is 11.3. The van der Waals surface area contributed by atoms with Crippen molar-refractivity contribution >= 4 is 12.1 Å². The Kier molecular flexibility index (Phi) is 3.49. The van der Waals surface area contributed by atoms with Gasteiger partial charge in [-0.2, -0.15) is 0 Å². The molecule has 0 radical (unpaired) electrons. The van der Waals surface area contributed by atoms with Crippen LogP contribution in [0.2, 0.25) is 0 Å². The molecule has 1 aromatic carbocycles. The number of anilines is 1. The molecule has 1 unspecified atom stereocenters. The van der Waals surface area contributed by atoms with Crippen LogP contribution in [0.5, 0.6) is 0 Å². The number of carbonyl (C=O) groups excluding carboxylic acids is 1. The van der Waals surface area contributed by atoms with Crippen LogP contribution >= 0.6 is 0 Å². The molecule has 0 saturated carbocycles. The molecule has 1 N–H and O–H groups in total. The second-order valence-corrected chi connectivity index (χ2v) is 6.51. The fourth-order valence-corrected chi connectivity index (χ4v) is 3.11. The van der Waals surface area contributed by atoms with Gasteiger partial charge in [-0.25, -0.2) is 0 Å². The maximum Gasteiger partial charge on any atom is 0.214 e. The minimum Gasteiger partial charge on any atom is -0.384 e. The molecule has 22 heavy (non-hydrogen) atoms. The molecule has 1 amide bonds. The SMILES string of the molecule is Cc1ccccc1C(O)c1cnc2c(c1)N(C=O)CC2(C)C. The molecule has 0 saturated heterocycles. The Morgan fingerprint density at radius 1 is 1.36 bits per heavy atom. The van der Waals surface area contributed by atoms with E-state index in [-0.39, 0.29) is 5.41 Å². The third kappa shape index (κ3) is 2.29. The van der Waals surface area contributed by atoms with Crippen molar-refractivity contribution in [3.05, 3.63) is 58.9 Å². The lowest BCUT2D eigenvalue weighted by Crippen LogP contribution is -2.27. The summed E-state index contributed by atoms with van der Waals surface area (Å²) in [6, 6.07) is 9.62. The Labute approximate surface area is 130 Å². The molecular weight excluding hydrogens is 276 g/mol. The number of fused-ring (bicyclic) bond motifs is 1. The largest absolute Gasteiger partial charge is 0.384 e. The molecule has 0 aliphatic carbocycles. The van der Waals surface area contributed by atoms with Crippen LogP contribution in [-0.4, -0.2) is 23.0 Å². The standard InChI is InChI=1S/C18H20N2O2/c1-12-6-4-5-7-14(12)16(22)13-8-15-17(19-9-13)18(2,3)10-20(15)11-21/h4-9,11,16,22H,10H2,1-3H3. The molecule has 2 heterocycles. The molecule has 1 aromatic heterocycles. The van der Waals surface area contributed by atoms with Crippen molar-refractivity contribution in [1.82, 2.24) is 4.98 Å². The molecule has 2 aromatic rings. The molecule has 1 aliphatic rings. The third-order valence-corrected chi connectivity index (χ3v) is 4.33. The van der Waals surface area contributed by atoms with E-state index >= 15 is 0 Å². The fourth-order valence-electron chi connectivity index (χ4n) is 3.11. The van der Waals surface area contributed by atoms with Crippen LogP contribution in [0.25, 0.3) is 0 Å². The highest BCUT2D eigenvalue weighted by Crippen LogP contribution is 2.39. The zero-order chi connectivity index (χ0) is 15.9. The van der Waals surface area contributed by atoms with E-state index < -0.39 is 6.10 Å². The molecule has 0 bridgehead atoms. The van der Waals surface area contributed by atoms with Crippen LogP contribution in [0, 0.1) is 6.92 Å². The molecule has 1 aliphatic heterocycles. The van der Waals surface area contributed by atoms with Crippen LogP contribution in [-0.2, 0) is 10.2 Å². The lowest BCUT2D eigenvalue weighted by Gasteiger charge is -2.17. The first-order valence-corrected chi connectivity index (χ1v) is 7.40. The first-order chi connectivity index (χ1) is 10.4. The van der Waals surface area contributed by atoms with Crippen molar-refractivity contribution in [3.8, 4) is 0 Å². The molecule has 0 fully saturated rings. The van der Waals surface area contributed by atoms with Crippen molar-refractivity contribution in [2.45, 2.75) is 32.3 Å². The van der Waals surface area contributed by atoms with E-state index in [4.69, 9.17) is 0 Å². The Morgan fingerprint density at radius 3 is 2.77 bits per heavy atom. The van der Waals surface area contributed by atoms with E-state index in [9.17, 15) is 9.90 Å². The minimum absolute atomic E-state index is 0.164. The topological polar surface area (TPSA) is 53.4 Å². The van der Waals surface area contributed by atoms with Gasteiger partial charge in [0.05, 0.1) is 11.4 Å². The van der Waals surface area contributed by atoms with Crippen molar-refractivity contribution in [1.29, 1.82) is 0 Å². The molecule has 4 nitrogen and oxygen atoms in total. The van der Waals surface area contributed by atoms with Gasteiger partial charge in [-0.05, 0) is 24.1 Å². The predicted octanol–water partition coefficient (Wildman–Crippen LogP) is 2.73. The Bertz CT molecular complexity index is 725. The fraction of sp³-hybridized carbons (Fsp3) is 0.333. The number of hydrogen-bond acceptors (Lipinski definition) is 3. The van der Waals surface area contributed by atoms with Crippen LogP contribution in [0.3, 0.4) is 0 Å². The van der Waals surface area contributed by atoms with Gasteiger partial charge in [-0.1, -0.05) is 38.1 Å². The van der Waals surface area contributed by atoms with Gasteiger partial charge in [0, 0.05) is 23.7 Å². The number of nitrogens with zero attached hydrogens (tertiary/aromatic N) is 2. The first-order valence-electron chi connectivity index (χ1n) is 7.40. The predicted molar refractivity (Wildman–Crippen MR) is 85.9 cm³/mol. The summed E-state index contributed by atoms with van der Waals surface area (Å²) < 4.78 is 0. The summed E-state index contributed by atoms with van der Waals surface area (Å²) in [5.41, 5.74) is 4.13. The van der Waals surface area contributed by atoms with Crippen LogP contribution in [0.15, 0.2) is 36.5 Å². The van der Waals surface area contributed by atoms with E-state index in [0.29, 0.717) is 12.1 Å². The van der Waals surface area contributed by atoms with Gasteiger partial charge in [0.2, 0.25) is 6.41 Å². The molecule has 0 spiro atoms. The van der Waals surface area contributed by atoms with Gasteiger partial charge in [-0.3, -0.25) is 9.78 Å². The van der Waals surface area contributed by atoms with E-state index in [2.05, 4.69) is 18.8 Å². The highest BCUT2D eigenvalue weighted by Gasteiger charge is 2.37. The lowest BCUT2D eigenvalue weighted by molar-refractivity contribution is -0.107. The number of aryl methyl sites for hydroxylation is 1. The second kappa shape index (κ2) is 5.21. The smallest absolute Gasteiger partial charge is 0.214 e. The highest BCUT2D eigenvalue weighted by molar-refractivity contribution is 5.80. The summed E-state index contributed by atoms with van der Waals surface area (Å²) in [4.78, 5) is 17.5. The van der Waals surface area contributed by atoms with Crippen molar-refractivity contribution in [2.24, 2.45) is 0 Å². The lowest BCUT2D eigenvalue weighted by atomic mass is 9.90. The number of aliphatic hydroxyl groups excluding tert-OH is 1. The van der Waals surface area contributed by atoms with E-state index in [1.54, 1.807) is 11.1 Å². The zero-order valence-corrected chi connectivity index (χ0v) is 13.1. The summed E-state index contributed by atoms with van der Waals surface area (Å²) in [6.45, 7) is 6.72. The molecular formula is C18H20N2O2. The summed E-state index contributed by atoms with van der Waals surface area (Å²) in [6.07, 6.45) is 1.81. The average molecular weight is 296 g/mol. The second-order valence-electron chi connectivity index (χ2n) is 6.51. The Morgan fingerprint density at radius 2 is 2.09 bits per heavy atom. The van der Waals surface area contributed by atoms with Gasteiger partial charge in [0.1, 0.15) is 6.10 Å². The number of hydrogen-bond donors (Lipinski definition) is 1. The first kappa shape index (κ1) is 14.7. The number of pyridine rings is 1. The summed E-state index contributed by atoms with van der Waals surface area (Å²) in [7, 11) is 0. The Hall–Kier alpha value is -2.20. The Balaban J connectivity index is 2.04. The number of amides is 1. The summed E-state index contributed by atoms with van der Waals surface area (Å²) >= 11 is 0. The monoisotopic (exact) mass is 296 g/mol. The van der Waals surface area contributed by atoms with Crippen LogP contribution in [0.4, 0.5) is 5.69 Å². The van der Waals surface area contributed by atoms with Gasteiger partial charge in [0.15, 0.2) is 0 Å². The van der Waals surface area contributed by atoms with E-state index in [1.165, 1.54) is 0 Å². The van der Waals surface area contributed by atoms with E-state index in [1.807, 2.05) is 37.3 Å². The number of carbonyl (C=O) groups is 1. The maximum absolute atomic E-state index is 11.3. The van der Waals surface area contributed by atoms with Gasteiger partial charge >= 0.3 is 0 Å². The normalized spacial score (nSPS) is 17.2. The van der Waals surface area contributed by atoms with Crippen LogP contribution < -0.4 is 4.90 Å². The van der Waals surface area contributed by atoms with Crippen molar-refractivity contribution < 1.29 is 9.90 Å². The molecule has 4 heteroatoms. The van der Waals surface area contributed by atoms with E-state index in [0.717, 1.165) is 28.9 Å². The number of aliphatic hydroxyl groups is 1. The number of benzene rings is 1. The average Bonchev–Trinajstić information content (AvgIpc) is 2.77. The van der Waals surface area contributed by atoms with Crippen molar-refractivity contribution in [3.63, 3.8) is 0 Å². The molecule has 114 valence electrons. The summed E-state index contributed by atoms with van der Waals surface area (Å²) in [5, 5.41) is 10.6. The quantitative estimate of drug-likeness (QED) is 0.886. The van der Waals surface area contributed by atoms with Gasteiger partial charge < -0.3 is 10.0 Å². The zero-order valence-electron chi connectivity index (χ0n) is 13.1. The minimum atomic E-state index is -0.740. The van der Waals surface area contributed by atoms with Gasteiger partial charge in [-0.15, -0.1) is 0 Å². The molecule has 3 rings (SSSR count). The van der Waals surface area contributed by atoms with Crippen LogP contribution in [0.1, 0.15) is 42.3 Å². The van der Waals surface area contributed by atoms with Gasteiger partial charge in [0.25, 0.3) is 0 Å². The third-order valence-electron chi connectivity index (χ3n) is 4.33. The molecule has 1 atom stereocenters. The summed E-state index contributed by atoms with van der Waals surface area (Å²) in [5.74, 6) is 0.